The highest BCUT2D eigenvalue weighted by Crippen LogP contribution is 2.50. The number of carbonyl (C=O) groups is 1. The van der Waals surface area contributed by atoms with Gasteiger partial charge in [-0.25, -0.2) is 21.6 Å². The normalized spacial score (nSPS) is 34.7. The number of aryl methyl sites for hydroxylation is 1. The van der Waals surface area contributed by atoms with Crippen molar-refractivity contribution in [3.8, 4) is 5.75 Å². The van der Waals surface area contributed by atoms with Gasteiger partial charge in [0, 0.05) is 74.5 Å². The third-order valence-corrected chi connectivity index (χ3v) is 18.1. The van der Waals surface area contributed by atoms with Crippen molar-refractivity contribution in [1.82, 2.24) is 14.5 Å². The van der Waals surface area contributed by atoms with Gasteiger partial charge >= 0.3 is 0 Å². The van der Waals surface area contributed by atoms with E-state index >= 15 is 0 Å². The number of nitrogens with zero attached hydrogens (tertiary/aromatic N) is 3. The number of hydrogen-bond acceptors (Lipinski definition) is 10. The first kappa shape index (κ1) is 41.1. The first-order chi connectivity index (χ1) is 27.2. The topological polar surface area (TPSA) is 126 Å². The molecular weight excluding hydrogens is 784 g/mol. The van der Waals surface area contributed by atoms with Crippen LogP contribution < -0.4 is 14.4 Å². The molecule has 2 aliphatic carbocycles. The molecule has 1 N–H and O–H groups in total. The minimum Gasteiger partial charge on any atom is -0.490 e. The number of allylic oxidation sites excluding steroid dienone is 1. The Morgan fingerprint density at radius 3 is 2.67 bits per heavy atom. The van der Waals surface area contributed by atoms with Crippen molar-refractivity contribution in [3.63, 3.8) is 0 Å². The first-order valence-electron chi connectivity index (χ1n) is 21.0. The highest BCUT2D eigenvalue weighted by Gasteiger charge is 2.50. The quantitative estimate of drug-likeness (QED) is 0.388. The number of benzene rings is 2. The van der Waals surface area contributed by atoms with E-state index in [0.717, 1.165) is 82.0 Å². The lowest BCUT2D eigenvalue weighted by Crippen LogP contribution is -2.60. The van der Waals surface area contributed by atoms with Crippen LogP contribution in [0.1, 0.15) is 80.8 Å². The summed E-state index contributed by atoms with van der Waals surface area (Å²) in [5.41, 5.74) is 2.69. The van der Waals surface area contributed by atoms with E-state index in [9.17, 15) is 21.6 Å². The van der Waals surface area contributed by atoms with Gasteiger partial charge in [-0.2, -0.15) is 0 Å². The average molecular weight is 844 g/mol. The lowest BCUT2D eigenvalue weighted by atomic mass is 9.62. The van der Waals surface area contributed by atoms with Gasteiger partial charge in [0.15, 0.2) is 9.84 Å². The SMILES string of the molecule is CCO[C@]1(CCN2CCN3CCS(=O)(=O)C[C@H]3C2)/C=C/C[C@H](C)[C@@H](C)S(=O)(=O)NC(=O)c2ccc3c(c2)N(C[C@@H]2CC[C@H]21)C[C@@]1(CCCc2cc(Cl)ccc21)CO3. The fourth-order valence-electron chi connectivity index (χ4n) is 10.7. The molecule has 1 saturated carbocycles. The van der Waals surface area contributed by atoms with Gasteiger partial charge in [-0.15, -0.1) is 0 Å². The molecule has 0 unspecified atom stereocenters. The van der Waals surface area contributed by atoms with Crippen LogP contribution in [0.15, 0.2) is 48.6 Å². The van der Waals surface area contributed by atoms with Crippen LogP contribution in [0.25, 0.3) is 0 Å². The Kier molecular flexibility index (Phi) is 11.6. The lowest BCUT2D eigenvalue weighted by Gasteiger charge is -2.52. The Labute approximate surface area is 344 Å². The molecule has 3 fully saturated rings. The van der Waals surface area contributed by atoms with E-state index in [1.807, 2.05) is 32.0 Å². The number of piperazine rings is 1. The standard InChI is InChI=1S/C43H59ClN4O7S2/c1-4-55-43(17-18-46-19-20-47-21-22-56(50,51)27-36(47)26-46)16-5-7-30(2)31(3)57(52,53)45-41(49)33-10-14-40-39(24-33)48(25-34-9-12-38(34)43)28-42(29-54-40)15-6-8-32-23-35(44)11-13-37(32)42/h5,10-11,13-14,16,23-24,30-31,34,36,38H,4,6-9,12,15,17-22,25-29H2,1-3H3,(H,45,49)/b16-5+/t30-,31+,34-,36+,38+,42-,43-/m0/s1. The van der Waals surface area contributed by atoms with Gasteiger partial charge in [0.05, 0.1) is 34.7 Å². The van der Waals surface area contributed by atoms with Gasteiger partial charge in [-0.3, -0.25) is 9.69 Å². The second kappa shape index (κ2) is 16.1. The molecule has 4 aliphatic heterocycles. The molecule has 8 rings (SSSR count). The number of sulfonamides is 1. The van der Waals surface area contributed by atoms with E-state index in [-0.39, 0.29) is 46.3 Å². The second-order valence-corrected chi connectivity index (χ2v) is 22.5. The van der Waals surface area contributed by atoms with Gasteiger partial charge in [0.2, 0.25) is 10.0 Å². The summed E-state index contributed by atoms with van der Waals surface area (Å²) >= 11 is 6.52. The number of carbonyl (C=O) groups excluding carboxylic acids is 1. The number of amides is 1. The lowest BCUT2D eigenvalue weighted by molar-refractivity contribution is -0.103. The maximum absolute atomic E-state index is 13.7. The maximum atomic E-state index is 13.7. The number of nitrogens with one attached hydrogen (secondary N) is 1. The first-order valence-corrected chi connectivity index (χ1v) is 24.8. The summed E-state index contributed by atoms with van der Waals surface area (Å²) in [6.45, 7) is 11.9. The third kappa shape index (κ3) is 8.27. The van der Waals surface area contributed by atoms with E-state index in [4.69, 9.17) is 21.1 Å². The van der Waals surface area contributed by atoms with Crippen molar-refractivity contribution in [1.29, 1.82) is 0 Å². The predicted octanol–water partition coefficient (Wildman–Crippen LogP) is 5.46. The van der Waals surface area contributed by atoms with Crippen molar-refractivity contribution in [2.24, 2.45) is 17.8 Å². The molecule has 1 spiro atoms. The van der Waals surface area contributed by atoms with Crippen LogP contribution in [0.3, 0.4) is 0 Å². The van der Waals surface area contributed by atoms with Crippen molar-refractivity contribution in [3.05, 3.63) is 70.3 Å². The van der Waals surface area contributed by atoms with Crippen LogP contribution in [-0.2, 0) is 36.4 Å². The van der Waals surface area contributed by atoms with Crippen LogP contribution in [0.5, 0.6) is 5.75 Å². The number of hydrogen-bond donors (Lipinski definition) is 1. The molecule has 7 atom stereocenters. The number of fused-ring (bicyclic) bond motifs is 5. The van der Waals surface area contributed by atoms with Crippen molar-refractivity contribution < 1.29 is 31.1 Å². The highest BCUT2D eigenvalue weighted by molar-refractivity contribution is 7.91. The van der Waals surface area contributed by atoms with Crippen LogP contribution in [-0.4, -0.2) is 120 Å². The van der Waals surface area contributed by atoms with Crippen LogP contribution in [0.2, 0.25) is 5.02 Å². The molecule has 2 saturated heterocycles. The Morgan fingerprint density at radius 1 is 1.04 bits per heavy atom. The van der Waals surface area contributed by atoms with Gasteiger partial charge in [-0.1, -0.05) is 36.7 Å². The Balaban J connectivity index is 1.16. The second-order valence-electron chi connectivity index (χ2n) is 17.8. The van der Waals surface area contributed by atoms with Crippen LogP contribution in [0, 0.1) is 17.8 Å². The fourth-order valence-corrected chi connectivity index (χ4v) is 13.8. The van der Waals surface area contributed by atoms with E-state index in [0.29, 0.717) is 38.5 Å². The number of sulfone groups is 1. The molecule has 2 aromatic carbocycles. The molecular formula is C43H59ClN4O7S2. The Bertz CT molecular complexity index is 2100. The summed E-state index contributed by atoms with van der Waals surface area (Å²) in [7, 11) is -7.04. The molecule has 11 nitrogen and oxygen atoms in total. The van der Waals surface area contributed by atoms with Gasteiger partial charge in [-0.05, 0) is 118 Å². The minimum atomic E-state index is -4.00. The molecule has 57 heavy (non-hydrogen) atoms. The summed E-state index contributed by atoms with van der Waals surface area (Å²) in [5.74, 6) is 0.712. The summed E-state index contributed by atoms with van der Waals surface area (Å²) < 4.78 is 68.6. The molecule has 4 heterocycles. The Hall–Kier alpha value is -2.68. The van der Waals surface area contributed by atoms with Crippen LogP contribution >= 0.6 is 11.6 Å². The van der Waals surface area contributed by atoms with E-state index in [2.05, 4.69) is 43.7 Å². The van der Waals surface area contributed by atoms with E-state index in [1.165, 1.54) is 11.1 Å². The van der Waals surface area contributed by atoms with Crippen molar-refractivity contribution in [2.75, 3.05) is 75.4 Å². The monoisotopic (exact) mass is 842 g/mol. The van der Waals surface area contributed by atoms with E-state index in [1.54, 1.807) is 13.0 Å². The minimum absolute atomic E-state index is 0.0119. The fraction of sp³-hybridized carbons (Fsp3) is 0.651. The molecule has 0 aromatic heterocycles. The smallest absolute Gasteiger partial charge is 0.264 e. The largest absolute Gasteiger partial charge is 0.490 e. The van der Waals surface area contributed by atoms with Gasteiger partial charge in [0.25, 0.3) is 5.91 Å². The van der Waals surface area contributed by atoms with Crippen molar-refractivity contribution in [2.45, 2.75) is 88.0 Å². The zero-order valence-electron chi connectivity index (χ0n) is 33.6. The molecule has 1 amide bonds. The molecule has 312 valence electrons. The molecule has 2 aromatic rings. The number of ether oxygens (including phenoxy) is 2. The maximum Gasteiger partial charge on any atom is 0.264 e. The van der Waals surface area contributed by atoms with Crippen molar-refractivity contribution >= 4 is 43.1 Å². The highest BCUT2D eigenvalue weighted by atomic mass is 35.5. The number of halogens is 1. The summed E-state index contributed by atoms with van der Waals surface area (Å²) in [4.78, 5) is 20.9. The Morgan fingerprint density at radius 2 is 1.88 bits per heavy atom. The number of anilines is 1. The van der Waals surface area contributed by atoms with Crippen LogP contribution in [0.4, 0.5) is 5.69 Å². The van der Waals surface area contributed by atoms with Gasteiger partial charge in [0.1, 0.15) is 5.75 Å². The number of rotatable bonds is 5. The van der Waals surface area contributed by atoms with E-state index < -0.39 is 36.6 Å². The summed E-state index contributed by atoms with van der Waals surface area (Å²) in [6.07, 6.45) is 10.5. The molecule has 2 bridgehead atoms. The zero-order chi connectivity index (χ0) is 40.2. The molecule has 0 radical (unpaired) electrons. The summed E-state index contributed by atoms with van der Waals surface area (Å²) in [5, 5.41) is -0.0911. The molecule has 14 heteroatoms. The third-order valence-electron chi connectivity index (χ3n) is 14.3. The predicted molar refractivity (Wildman–Crippen MR) is 225 cm³/mol. The average Bonchev–Trinajstić information content (AvgIpc) is 3.30. The summed E-state index contributed by atoms with van der Waals surface area (Å²) in [6, 6.07) is 11.6. The van der Waals surface area contributed by atoms with Gasteiger partial charge < -0.3 is 19.3 Å². The molecule has 6 aliphatic rings. The zero-order valence-corrected chi connectivity index (χ0v) is 36.0.